The van der Waals surface area contributed by atoms with Gasteiger partial charge in [0.15, 0.2) is 0 Å². The van der Waals surface area contributed by atoms with E-state index in [2.05, 4.69) is 75.5 Å². The van der Waals surface area contributed by atoms with E-state index in [1.165, 1.54) is 27.1 Å². The molecule has 0 aliphatic rings. The van der Waals surface area contributed by atoms with Crippen molar-refractivity contribution in [3.05, 3.63) is 64.7 Å². The van der Waals surface area contributed by atoms with Crippen LogP contribution in [0, 0.1) is 20.8 Å². The molecule has 0 spiro atoms. The highest BCUT2D eigenvalue weighted by Gasteiger charge is 2.14. The molecule has 1 atom stereocenters. The second kappa shape index (κ2) is 8.93. The summed E-state index contributed by atoms with van der Waals surface area (Å²) >= 11 is 1.73. The van der Waals surface area contributed by atoms with Gasteiger partial charge in [-0.2, -0.15) is 0 Å². The lowest BCUT2D eigenvalue weighted by atomic mass is 9.97. The van der Waals surface area contributed by atoms with Crippen molar-refractivity contribution in [2.24, 2.45) is 0 Å². The van der Waals surface area contributed by atoms with Gasteiger partial charge in [0, 0.05) is 17.1 Å². The molecule has 0 aliphatic carbocycles. The fourth-order valence-corrected chi connectivity index (χ4v) is 3.63. The molecule has 0 bridgehead atoms. The van der Waals surface area contributed by atoms with Crippen LogP contribution in [0.25, 0.3) is 0 Å². The average Bonchev–Trinajstić information content (AvgIpc) is 2.55. The van der Waals surface area contributed by atoms with Crippen LogP contribution >= 0.6 is 11.8 Å². The van der Waals surface area contributed by atoms with Crippen molar-refractivity contribution in [2.45, 2.75) is 51.5 Å². The monoisotopic (exact) mass is 341 g/mol. The quantitative estimate of drug-likeness (QED) is 0.687. The largest absolute Gasteiger partial charge is 0.349 e. The number of carbonyl (C=O) groups is 1. The fourth-order valence-electron chi connectivity index (χ4n) is 2.78. The van der Waals surface area contributed by atoms with E-state index in [-0.39, 0.29) is 11.9 Å². The van der Waals surface area contributed by atoms with Crippen LogP contribution in [-0.4, -0.2) is 11.7 Å². The van der Waals surface area contributed by atoms with Crippen molar-refractivity contribution in [2.75, 3.05) is 5.75 Å². The van der Waals surface area contributed by atoms with Crippen LogP contribution in [0.15, 0.2) is 47.4 Å². The minimum Gasteiger partial charge on any atom is -0.349 e. The lowest BCUT2D eigenvalue weighted by molar-refractivity contribution is -0.121. The fraction of sp³-hybridized carbons (Fsp3) is 0.381. The first kappa shape index (κ1) is 18.6. The number of nitrogens with one attached hydrogen (secondary N) is 1. The van der Waals surface area contributed by atoms with Crippen LogP contribution in [0.2, 0.25) is 0 Å². The molecule has 24 heavy (non-hydrogen) atoms. The summed E-state index contributed by atoms with van der Waals surface area (Å²) in [5, 5.41) is 3.19. The van der Waals surface area contributed by atoms with Crippen LogP contribution in [0.4, 0.5) is 0 Å². The third kappa shape index (κ3) is 5.41. The van der Waals surface area contributed by atoms with Crippen molar-refractivity contribution in [3.63, 3.8) is 0 Å². The standard InChI is InChI=1S/C21H27NOS/c1-5-20(19-11-8-16(3)14-17(19)4)22-21(23)12-13-24-18-9-6-15(2)7-10-18/h6-11,14,20H,5,12-13H2,1-4H3,(H,22,23)/t20-/m1/s1. The van der Waals surface area contributed by atoms with Gasteiger partial charge in [-0.1, -0.05) is 48.4 Å². The van der Waals surface area contributed by atoms with Crippen molar-refractivity contribution in [3.8, 4) is 0 Å². The molecule has 1 N–H and O–H groups in total. The first-order valence-corrected chi connectivity index (χ1v) is 9.54. The maximum absolute atomic E-state index is 12.3. The van der Waals surface area contributed by atoms with Gasteiger partial charge in [-0.15, -0.1) is 11.8 Å². The van der Waals surface area contributed by atoms with Gasteiger partial charge in [-0.3, -0.25) is 4.79 Å². The van der Waals surface area contributed by atoms with Crippen LogP contribution in [-0.2, 0) is 4.79 Å². The van der Waals surface area contributed by atoms with Gasteiger partial charge >= 0.3 is 0 Å². The zero-order valence-corrected chi connectivity index (χ0v) is 15.9. The lowest BCUT2D eigenvalue weighted by Crippen LogP contribution is -2.28. The number of rotatable bonds is 7. The van der Waals surface area contributed by atoms with Crippen LogP contribution < -0.4 is 5.32 Å². The van der Waals surface area contributed by atoms with E-state index in [4.69, 9.17) is 0 Å². The topological polar surface area (TPSA) is 29.1 Å². The zero-order valence-electron chi connectivity index (χ0n) is 15.1. The number of benzene rings is 2. The minimum atomic E-state index is 0.0995. The summed E-state index contributed by atoms with van der Waals surface area (Å²) in [5.74, 6) is 0.930. The summed E-state index contributed by atoms with van der Waals surface area (Å²) in [6.07, 6.45) is 1.45. The van der Waals surface area contributed by atoms with Gasteiger partial charge in [0.1, 0.15) is 0 Å². The third-order valence-electron chi connectivity index (χ3n) is 4.16. The summed E-state index contributed by atoms with van der Waals surface area (Å²) in [7, 11) is 0. The maximum atomic E-state index is 12.3. The maximum Gasteiger partial charge on any atom is 0.221 e. The highest BCUT2D eigenvalue weighted by Crippen LogP contribution is 2.23. The summed E-state index contributed by atoms with van der Waals surface area (Å²) in [5.41, 5.74) is 4.99. The number of hydrogen-bond donors (Lipinski definition) is 1. The van der Waals surface area contributed by atoms with Gasteiger partial charge in [-0.05, 0) is 50.5 Å². The SMILES string of the molecule is CC[C@@H](NC(=O)CCSc1ccc(C)cc1)c1ccc(C)cc1C. The number of aryl methyl sites for hydroxylation is 3. The van der Waals surface area contributed by atoms with Gasteiger partial charge < -0.3 is 5.32 Å². The van der Waals surface area contributed by atoms with E-state index in [1.807, 2.05) is 0 Å². The van der Waals surface area contributed by atoms with Crippen molar-refractivity contribution in [1.29, 1.82) is 0 Å². The highest BCUT2D eigenvalue weighted by atomic mass is 32.2. The summed E-state index contributed by atoms with van der Waals surface area (Å²) < 4.78 is 0. The molecule has 0 heterocycles. The lowest BCUT2D eigenvalue weighted by Gasteiger charge is -2.20. The molecular weight excluding hydrogens is 314 g/mol. The van der Waals surface area contributed by atoms with E-state index >= 15 is 0 Å². The van der Waals surface area contributed by atoms with E-state index in [1.54, 1.807) is 11.8 Å². The van der Waals surface area contributed by atoms with Crippen LogP contribution in [0.1, 0.15) is 48.1 Å². The van der Waals surface area contributed by atoms with Gasteiger partial charge in [-0.25, -0.2) is 0 Å². The van der Waals surface area contributed by atoms with Gasteiger partial charge in [0.25, 0.3) is 0 Å². The molecule has 1 amide bonds. The molecule has 2 nitrogen and oxygen atoms in total. The number of amides is 1. The predicted molar refractivity (Wildman–Crippen MR) is 104 cm³/mol. The first-order valence-electron chi connectivity index (χ1n) is 8.55. The van der Waals surface area contributed by atoms with Gasteiger partial charge in [0.05, 0.1) is 6.04 Å². The van der Waals surface area contributed by atoms with Gasteiger partial charge in [0.2, 0.25) is 5.91 Å². The Bertz CT molecular complexity index is 679. The van der Waals surface area contributed by atoms with E-state index in [0.29, 0.717) is 6.42 Å². The molecule has 3 heteroatoms. The number of carbonyl (C=O) groups excluding carboxylic acids is 1. The first-order chi connectivity index (χ1) is 11.5. The number of thioether (sulfide) groups is 1. The molecule has 0 radical (unpaired) electrons. The van der Waals surface area contributed by atoms with E-state index < -0.39 is 0 Å². The molecule has 128 valence electrons. The second-order valence-electron chi connectivity index (χ2n) is 6.30. The Hall–Kier alpha value is -1.74. The second-order valence-corrected chi connectivity index (χ2v) is 7.47. The van der Waals surface area contributed by atoms with E-state index in [0.717, 1.165) is 12.2 Å². The molecular formula is C21H27NOS. The van der Waals surface area contributed by atoms with Crippen molar-refractivity contribution < 1.29 is 4.79 Å². The van der Waals surface area contributed by atoms with Crippen LogP contribution in [0.3, 0.4) is 0 Å². The normalized spacial score (nSPS) is 12.0. The Kier molecular flexibility index (Phi) is 6.92. The Morgan fingerprint density at radius 1 is 1.04 bits per heavy atom. The molecule has 0 aromatic heterocycles. The van der Waals surface area contributed by atoms with Crippen LogP contribution in [0.5, 0.6) is 0 Å². The molecule has 0 aliphatic heterocycles. The molecule has 0 saturated carbocycles. The van der Waals surface area contributed by atoms with E-state index in [9.17, 15) is 4.79 Å². The number of hydrogen-bond acceptors (Lipinski definition) is 2. The summed E-state index contributed by atoms with van der Waals surface area (Å²) in [6, 6.07) is 15.0. The summed E-state index contributed by atoms with van der Waals surface area (Å²) in [4.78, 5) is 13.5. The Balaban J connectivity index is 1.86. The average molecular weight is 342 g/mol. The zero-order chi connectivity index (χ0) is 17.5. The summed E-state index contributed by atoms with van der Waals surface area (Å²) in [6.45, 7) is 8.41. The molecule has 0 saturated heterocycles. The minimum absolute atomic E-state index is 0.0995. The molecule has 2 rings (SSSR count). The molecule has 0 unspecified atom stereocenters. The molecule has 0 fully saturated rings. The highest BCUT2D eigenvalue weighted by molar-refractivity contribution is 7.99. The Morgan fingerprint density at radius 2 is 1.71 bits per heavy atom. The van der Waals surface area contributed by atoms with Crippen molar-refractivity contribution in [1.82, 2.24) is 5.32 Å². The predicted octanol–water partition coefficient (Wildman–Crippen LogP) is 5.36. The smallest absolute Gasteiger partial charge is 0.221 e. The Labute approximate surface area is 150 Å². The van der Waals surface area contributed by atoms with Crippen molar-refractivity contribution >= 4 is 17.7 Å². The third-order valence-corrected chi connectivity index (χ3v) is 5.18. The Morgan fingerprint density at radius 3 is 2.33 bits per heavy atom. The molecule has 2 aromatic carbocycles. The molecule has 2 aromatic rings.